The third kappa shape index (κ3) is 5.30. The highest BCUT2D eigenvalue weighted by molar-refractivity contribution is 5.85. The second-order valence-corrected chi connectivity index (χ2v) is 9.04. The van der Waals surface area contributed by atoms with Crippen LogP contribution in [0.15, 0.2) is 84.9 Å². The van der Waals surface area contributed by atoms with Gasteiger partial charge in [0.1, 0.15) is 11.4 Å². The van der Waals surface area contributed by atoms with E-state index in [1.165, 1.54) is 11.1 Å². The number of anilines is 1. The van der Waals surface area contributed by atoms with E-state index in [1.54, 1.807) is 7.11 Å². The fourth-order valence-corrected chi connectivity index (χ4v) is 4.92. The maximum atomic E-state index is 9.23. The van der Waals surface area contributed by atoms with Crippen LogP contribution in [0.25, 0.3) is 10.9 Å². The average molecular weight is 484 g/mol. The molecule has 1 saturated heterocycles. The fraction of sp³-hybridized carbons (Fsp3) is 0.300. The summed E-state index contributed by atoms with van der Waals surface area (Å²) in [5, 5.41) is 10.3. The van der Waals surface area contributed by atoms with Gasteiger partial charge in [0.05, 0.1) is 25.3 Å². The molecule has 0 aliphatic carbocycles. The molecule has 0 amide bonds. The van der Waals surface area contributed by atoms with Crippen LogP contribution in [0.5, 0.6) is 11.6 Å². The van der Waals surface area contributed by atoms with Gasteiger partial charge in [-0.25, -0.2) is 4.98 Å². The van der Waals surface area contributed by atoms with Gasteiger partial charge in [-0.05, 0) is 35.4 Å². The van der Waals surface area contributed by atoms with Crippen LogP contribution < -0.4 is 14.4 Å². The molecule has 0 spiro atoms. The topological polar surface area (TPSA) is 58.1 Å². The third-order valence-electron chi connectivity index (χ3n) is 6.76. The van der Waals surface area contributed by atoms with E-state index in [4.69, 9.17) is 14.5 Å². The van der Waals surface area contributed by atoms with Gasteiger partial charge >= 0.3 is 0 Å². The van der Waals surface area contributed by atoms with Crippen molar-refractivity contribution < 1.29 is 14.6 Å². The molecule has 0 bridgehead atoms. The molecule has 186 valence electrons. The van der Waals surface area contributed by atoms with E-state index in [9.17, 15) is 5.11 Å². The molecule has 6 nitrogen and oxygen atoms in total. The Bertz CT molecular complexity index is 1220. The van der Waals surface area contributed by atoms with Gasteiger partial charge in [-0.15, -0.1) is 0 Å². The molecular formula is C30H33N3O3. The number of aromatic nitrogens is 1. The monoisotopic (exact) mass is 483 g/mol. The summed E-state index contributed by atoms with van der Waals surface area (Å²) in [5.74, 6) is 1.43. The molecule has 4 aromatic rings. The van der Waals surface area contributed by atoms with E-state index in [0.717, 1.165) is 48.5 Å². The first-order valence-corrected chi connectivity index (χ1v) is 12.6. The van der Waals surface area contributed by atoms with Gasteiger partial charge in [-0.1, -0.05) is 60.7 Å². The highest BCUT2D eigenvalue weighted by atomic mass is 16.5. The van der Waals surface area contributed by atoms with Crippen molar-refractivity contribution in [2.24, 2.45) is 0 Å². The minimum absolute atomic E-state index is 0.0964. The Balaban J connectivity index is 1.41. The molecule has 1 aliphatic rings. The number of piperazine rings is 1. The highest BCUT2D eigenvalue weighted by Gasteiger charge is 2.28. The molecule has 6 heteroatoms. The number of nitrogens with zero attached hydrogens (tertiary/aromatic N) is 3. The van der Waals surface area contributed by atoms with Gasteiger partial charge in [0.25, 0.3) is 0 Å². The maximum absolute atomic E-state index is 9.23. The van der Waals surface area contributed by atoms with Crippen molar-refractivity contribution >= 4 is 16.6 Å². The quantitative estimate of drug-likeness (QED) is 0.341. The summed E-state index contributed by atoms with van der Waals surface area (Å²) in [6, 6.07) is 29.8. The summed E-state index contributed by atoms with van der Waals surface area (Å²) in [5.41, 5.74) is 4.48. The lowest BCUT2D eigenvalue weighted by molar-refractivity contribution is 0.210. The molecule has 5 rings (SSSR count). The lowest BCUT2D eigenvalue weighted by Gasteiger charge is -2.41. The number of methoxy groups -OCH3 is 1. The normalized spacial score (nSPS) is 14.4. The zero-order valence-electron chi connectivity index (χ0n) is 20.7. The number of pyridine rings is 1. The first-order valence-electron chi connectivity index (χ1n) is 12.6. The lowest BCUT2D eigenvalue weighted by atomic mass is 9.96. The van der Waals surface area contributed by atoms with E-state index in [1.807, 2.05) is 18.2 Å². The molecule has 0 radical (unpaired) electrons. The van der Waals surface area contributed by atoms with Crippen molar-refractivity contribution in [3.63, 3.8) is 0 Å². The Labute approximate surface area is 212 Å². The largest absolute Gasteiger partial charge is 0.497 e. The second kappa shape index (κ2) is 11.4. The number of aliphatic hydroxyl groups excluding tert-OH is 1. The van der Waals surface area contributed by atoms with Crippen molar-refractivity contribution in [2.45, 2.75) is 12.5 Å². The molecule has 0 atom stereocenters. The zero-order chi connectivity index (χ0) is 24.7. The molecule has 0 saturated carbocycles. The van der Waals surface area contributed by atoms with E-state index in [2.05, 4.69) is 76.5 Å². The minimum Gasteiger partial charge on any atom is -0.497 e. The van der Waals surface area contributed by atoms with Crippen LogP contribution in [0.1, 0.15) is 23.6 Å². The summed E-state index contributed by atoms with van der Waals surface area (Å²) < 4.78 is 11.5. The molecular weight excluding hydrogens is 450 g/mol. The molecule has 1 aliphatic heterocycles. The van der Waals surface area contributed by atoms with E-state index in [0.29, 0.717) is 18.9 Å². The van der Waals surface area contributed by atoms with Gasteiger partial charge < -0.3 is 19.5 Å². The fourth-order valence-electron chi connectivity index (χ4n) is 4.92. The third-order valence-corrected chi connectivity index (χ3v) is 6.76. The number of aliphatic hydroxyl groups is 1. The van der Waals surface area contributed by atoms with Gasteiger partial charge in [0.15, 0.2) is 0 Å². The molecule has 2 heterocycles. The predicted octanol–water partition coefficient (Wildman–Crippen LogP) is 4.92. The van der Waals surface area contributed by atoms with Gasteiger partial charge in [0.2, 0.25) is 5.88 Å². The van der Waals surface area contributed by atoms with Crippen LogP contribution >= 0.6 is 0 Å². The Morgan fingerprint density at radius 3 is 2.14 bits per heavy atom. The minimum atomic E-state index is 0.0964. The van der Waals surface area contributed by atoms with Gasteiger partial charge in [0, 0.05) is 44.6 Å². The number of hydrogen-bond acceptors (Lipinski definition) is 6. The molecule has 1 N–H and O–H groups in total. The van der Waals surface area contributed by atoms with Crippen LogP contribution in [-0.2, 0) is 0 Å². The molecule has 0 unspecified atom stereocenters. The van der Waals surface area contributed by atoms with Crippen molar-refractivity contribution in [1.29, 1.82) is 0 Å². The molecule has 36 heavy (non-hydrogen) atoms. The number of ether oxygens (including phenoxy) is 2. The van der Waals surface area contributed by atoms with Crippen LogP contribution in [0.3, 0.4) is 0 Å². The van der Waals surface area contributed by atoms with Crippen LogP contribution in [-0.4, -0.2) is 61.5 Å². The van der Waals surface area contributed by atoms with Crippen molar-refractivity contribution in [2.75, 3.05) is 51.4 Å². The summed E-state index contributed by atoms with van der Waals surface area (Å²) >= 11 is 0. The van der Waals surface area contributed by atoms with E-state index < -0.39 is 0 Å². The van der Waals surface area contributed by atoms with Gasteiger partial charge in [-0.3, -0.25) is 4.90 Å². The highest BCUT2D eigenvalue weighted by Crippen LogP contribution is 2.35. The Morgan fingerprint density at radius 2 is 1.53 bits per heavy atom. The average Bonchev–Trinajstić information content (AvgIpc) is 2.94. The number of rotatable bonds is 9. The zero-order valence-corrected chi connectivity index (χ0v) is 20.7. The SMILES string of the molecule is COc1ccc2nc(OCCCO)c(N3CCN(C(c4ccccc4)c4ccccc4)CC3)cc2c1. The van der Waals surface area contributed by atoms with Crippen molar-refractivity contribution in [1.82, 2.24) is 9.88 Å². The standard InChI is InChI=1S/C30H33N3O3/c1-35-26-13-14-27-25(21-26)22-28(30(31-27)36-20-8-19-34)32-15-17-33(18-16-32)29(23-9-4-2-5-10-23)24-11-6-3-7-12-24/h2-7,9-14,21-22,29,34H,8,15-20H2,1H3. The van der Waals surface area contributed by atoms with E-state index in [-0.39, 0.29) is 12.6 Å². The van der Waals surface area contributed by atoms with Crippen molar-refractivity contribution in [3.8, 4) is 11.6 Å². The summed E-state index contributed by atoms with van der Waals surface area (Å²) in [7, 11) is 1.68. The smallest absolute Gasteiger partial charge is 0.238 e. The predicted molar refractivity (Wildman–Crippen MR) is 144 cm³/mol. The Hall–Kier alpha value is -3.61. The Morgan fingerprint density at radius 1 is 0.861 bits per heavy atom. The van der Waals surface area contributed by atoms with E-state index >= 15 is 0 Å². The molecule has 1 fully saturated rings. The number of hydrogen-bond donors (Lipinski definition) is 1. The first kappa shape index (κ1) is 24.1. The van der Waals surface area contributed by atoms with Crippen LogP contribution in [0, 0.1) is 0 Å². The van der Waals surface area contributed by atoms with Crippen LogP contribution in [0.2, 0.25) is 0 Å². The molecule has 1 aromatic heterocycles. The summed E-state index contributed by atoms with van der Waals surface area (Å²) in [6.07, 6.45) is 0.575. The lowest BCUT2D eigenvalue weighted by Crippen LogP contribution is -2.48. The molecule has 3 aromatic carbocycles. The van der Waals surface area contributed by atoms with Crippen molar-refractivity contribution in [3.05, 3.63) is 96.1 Å². The number of fused-ring (bicyclic) bond motifs is 1. The Kier molecular flexibility index (Phi) is 7.64. The second-order valence-electron chi connectivity index (χ2n) is 9.04. The first-order chi connectivity index (χ1) is 17.8. The number of benzene rings is 3. The summed E-state index contributed by atoms with van der Waals surface area (Å²) in [4.78, 5) is 9.76. The van der Waals surface area contributed by atoms with Gasteiger partial charge in [-0.2, -0.15) is 0 Å². The maximum Gasteiger partial charge on any atom is 0.238 e. The summed E-state index contributed by atoms with van der Waals surface area (Å²) in [6.45, 7) is 4.09. The van der Waals surface area contributed by atoms with Crippen LogP contribution in [0.4, 0.5) is 5.69 Å².